The van der Waals surface area contributed by atoms with Gasteiger partial charge in [-0.05, 0) is 0 Å². The number of nitro benzene ring substituents is 1. The number of nitrogens with zero attached hydrogens (tertiary/aromatic N) is 4. The van der Waals surface area contributed by atoms with E-state index in [0.717, 1.165) is 0 Å². The number of terminal acetylenes is 1. The molecule has 2 heterocycles. The zero-order valence-electron chi connectivity index (χ0n) is 15.7. The molecule has 2 aliphatic rings. The third-order valence-corrected chi connectivity index (χ3v) is 9.41. The third kappa shape index (κ3) is 3.94. The number of aliphatic hydroxyl groups is 1. The van der Waals surface area contributed by atoms with Crippen LogP contribution in [-0.4, -0.2) is 85.0 Å². The maximum Gasteiger partial charge on any atom is 0.272 e. The predicted molar refractivity (Wildman–Crippen MR) is 122 cm³/mol. The Bertz CT molecular complexity index is 963. The summed E-state index contributed by atoms with van der Waals surface area (Å²) in [6, 6.07) is 2.78. The van der Waals surface area contributed by atoms with Crippen LogP contribution >= 0.6 is 31.9 Å². The molecule has 1 aromatic carbocycles. The molecule has 0 amide bonds. The highest BCUT2D eigenvalue weighted by molar-refractivity contribution is 9.09. The van der Waals surface area contributed by atoms with Gasteiger partial charge in [-0.3, -0.25) is 15.0 Å². The first-order valence-corrected chi connectivity index (χ1v) is 12.8. The van der Waals surface area contributed by atoms with Gasteiger partial charge in [0, 0.05) is 56.7 Å². The van der Waals surface area contributed by atoms with Crippen LogP contribution in [0.5, 0.6) is 0 Å². The smallest absolute Gasteiger partial charge is 0.272 e. The molecule has 0 saturated carbocycles. The van der Waals surface area contributed by atoms with Gasteiger partial charge in [0.25, 0.3) is 5.69 Å². The molecule has 29 heavy (non-hydrogen) atoms. The summed E-state index contributed by atoms with van der Waals surface area (Å²) in [7, 11) is -2.88. The number of nitro groups is 1. The first kappa shape index (κ1) is 22.5. The molecule has 1 atom stereocenters. The summed E-state index contributed by atoms with van der Waals surface area (Å²) in [5.74, 6) is 2.55. The summed E-state index contributed by atoms with van der Waals surface area (Å²) < 4.78 is 16.5. The maximum absolute atomic E-state index is 14.6. The predicted octanol–water partition coefficient (Wildman–Crippen LogP) is 1.48. The van der Waals surface area contributed by atoms with Crippen molar-refractivity contribution in [2.24, 2.45) is 0 Å². The van der Waals surface area contributed by atoms with Gasteiger partial charge in [0.1, 0.15) is 4.99 Å². The van der Waals surface area contributed by atoms with Crippen LogP contribution in [0.3, 0.4) is 0 Å². The Kier molecular flexibility index (Phi) is 7.24. The van der Waals surface area contributed by atoms with Gasteiger partial charge < -0.3 is 10.0 Å². The van der Waals surface area contributed by atoms with E-state index in [9.17, 15) is 19.4 Å². The number of aliphatic hydroxyl groups excluding tert-OH is 1. The van der Waals surface area contributed by atoms with E-state index >= 15 is 0 Å². The van der Waals surface area contributed by atoms with Crippen molar-refractivity contribution in [1.29, 1.82) is 0 Å². The van der Waals surface area contributed by atoms with Gasteiger partial charge in [-0.25, -0.2) is 8.51 Å². The van der Waals surface area contributed by atoms with Crippen molar-refractivity contribution >= 4 is 57.9 Å². The number of alkyl halides is 2. The van der Waals surface area contributed by atoms with Crippen molar-refractivity contribution in [3.05, 3.63) is 27.8 Å². The number of halogens is 2. The normalized spacial score (nSPS) is 22.6. The fraction of sp³-hybridized carbons (Fsp3) is 0.500. The van der Waals surface area contributed by atoms with Crippen molar-refractivity contribution in [2.75, 3.05) is 61.4 Å². The van der Waals surface area contributed by atoms with E-state index in [0.29, 0.717) is 71.1 Å². The average molecular weight is 550 g/mol. The van der Waals surface area contributed by atoms with E-state index in [4.69, 9.17) is 6.42 Å². The Morgan fingerprint density at radius 1 is 1.24 bits per heavy atom. The van der Waals surface area contributed by atoms with Gasteiger partial charge in [0.2, 0.25) is 0 Å². The highest BCUT2D eigenvalue weighted by atomic mass is 79.9. The zero-order chi connectivity index (χ0) is 21.2. The Hall–Kier alpha value is -1.16. The number of rotatable bonds is 7. The van der Waals surface area contributed by atoms with Crippen molar-refractivity contribution in [3.8, 4) is 12.3 Å². The van der Waals surface area contributed by atoms with Crippen LogP contribution in [0, 0.1) is 22.5 Å². The lowest BCUT2D eigenvalue weighted by molar-refractivity contribution is -0.385. The van der Waals surface area contributed by atoms with Gasteiger partial charge in [0.05, 0.1) is 42.7 Å². The third-order valence-electron chi connectivity index (χ3n) is 5.15. The lowest BCUT2D eigenvalue weighted by Gasteiger charge is -2.36. The molecule has 1 fully saturated rings. The lowest BCUT2D eigenvalue weighted by Crippen LogP contribution is -2.50. The van der Waals surface area contributed by atoms with Gasteiger partial charge >= 0.3 is 0 Å². The SMILES string of the molecule is C#Cc1cc([N+](=O)[O-])cc2c1N(CCBr)C(CBr)=S2(=O)N1CCN(CCO)CC1. The number of anilines is 1. The fourth-order valence-corrected chi connectivity index (χ4v) is 8.29. The quantitative estimate of drug-likeness (QED) is 0.182. The summed E-state index contributed by atoms with van der Waals surface area (Å²) in [6.07, 6.45) is 5.69. The van der Waals surface area contributed by atoms with E-state index in [2.05, 4.69) is 42.7 Å². The van der Waals surface area contributed by atoms with Crippen molar-refractivity contribution in [1.82, 2.24) is 9.21 Å². The summed E-state index contributed by atoms with van der Waals surface area (Å²) in [5.41, 5.74) is 0.838. The highest BCUT2D eigenvalue weighted by Gasteiger charge is 2.41. The molecular formula is C18H22Br2N4O4S. The van der Waals surface area contributed by atoms with Crippen LogP contribution in [0.15, 0.2) is 17.0 Å². The first-order chi connectivity index (χ1) is 13.9. The van der Waals surface area contributed by atoms with E-state index in [1.807, 2.05) is 9.21 Å². The molecule has 0 radical (unpaired) electrons. The van der Waals surface area contributed by atoms with Crippen LogP contribution in [-0.2, 0) is 9.71 Å². The fourth-order valence-electron chi connectivity index (χ4n) is 3.81. The molecule has 0 spiro atoms. The molecular weight excluding hydrogens is 528 g/mol. The average Bonchev–Trinajstić information content (AvgIpc) is 2.97. The van der Waals surface area contributed by atoms with E-state index < -0.39 is 14.6 Å². The van der Waals surface area contributed by atoms with E-state index in [-0.39, 0.29) is 12.3 Å². The van der Waals surface area contributed by atoms with Crippen LogP contribution in [0.4, 0.5) is 11.4 Å². The van der Waals surface area contributed by atoms with Gasteiger partial charge in [0.15, 0.2) is 0 Å². The molecule has 1 unspecified atom stereocenters. The molecule has 1 aromatic rings. The Labute approximate surface area is 187 Å². The minimum absolute atomic E-state index is 0.0771. The van der Waals surface area contributed by atoms with E-state index in [1.54, 1.807) is 0 Å². The van der Waals surface area contributed by atoms with Crippen LogP contribution < -0.4 is 4.90 Å². The maximum atomic E-state index is 14.6. The Morgan fingerprint density at radius 3 is 2.45 bits per heavy atom. The number of benzene rings is 1. The Balaban J connectivity index is 2.19. The van der Waals surface area contributed by atoms with Gasteiger partial charge in [-0.15, -0.1) is 6.42 Å². The molecule has 3 rings (SSSR count). The minimum atomic E-state index is -2.88. The largest absolute Gasteiger partial charge is 0.395 e. The second-order valence-corrected chi connectivity index (χ2v) is 10.5. The molecule has 1 N–H and O–H groups in total. The number of non-ortho nitro benzene ring substituents is 1. The second kappa shape index (κ2) is 9.32. The van der Waals surface area contributed by atoms with Crippen molar-refractivity contribution < 1.29 is 14.2 Å². The standard InChI is InChI=1S/C18H22Br2N4O4S/c1-2-14-11-15(24(26)27)12-16-18(14)23(4-3-19)17(13-20)29(16,28)22-7-5-21(6-8-22)9-10-25/h1,11-12,25H,3-10,13H2. The summed E-state index contributed by atoms with van der Waals surface area (Å²) in [5, 5.41) is 21.7. The van der Waals surface area contributed by atoms with Crippen LogP contribution in [0.2, 0.25) is 0 Å². The van der Waals surface area contributed by atoms with E-state index in [1.165, 1.54) is 12.1 Å². The number of hydrogen-bond donors (Lipinski definition) is 1. The summed E-state index contributed by atoms with van der Waals surface area (Å²) in [6.45, 7) is 3.59. The molecule has 0 aliphatic carbocycles. The number of fused-ring (bicyclic) bond motifs is 1. The van der Waals surface area contributed by atoms with Crippen molar-refractivity contribution in [3.63, 3.8) is 0 Å². The molecule has 8 nitrogen and oxygen atoms in total. The minimum Gasteiger partial charge on any atom is -0.395 e. The molecule has 158 valence electrons. The lowest BCUT2D eigenvalue weighted by atomic mass is 10.1. The topological polar surface area (TPSA) is 90.2 Å². The summed E-state index contributed by atoms with van der Waals surface area (Å²) >= 11 is 6.93. The monoisotopic (exact) mass is 548 g/mol. The van der Waals surface area contributed by atoms with Crippen LogP contribution in [0.25, 0.3) is 0 Å². The number of piperazine rings is 1. The number of β-amino-alcohol motifs (C(OH)–C–C–N with tert-alkyl or cyclic N) is 1. The molecule has 2 aliphatic heterocycles. The molecule has 0 bridgehead atoms. The van der Waals surface area contributed by atoms with Gasteiger partial charge in [-0.1, -0.05) is 37.8 Å². The highest BCUT2D eigenvalue weighted by Crippen LogP contribution is 2.42. The van der Waals surface area contributed by atoms with Crippen molar-refractivity contribution in [2.45, 2.75) is 4.90 Å². The molecule has 0 aromatic heterocycles. The van der Waals surface area contributed by atoms with Gasteiger partial charge in [-0.2, -0.15) is 0 Å². The zero-order valence-corrected chi connectivity index (χ0v) is 19.7. The summed E-state index contributed by atoms with van der Waals surface area (Å²) in [4.78, 5) is 16.1. The second-order valence-electron chi connectivity index (χ2n) is 6.63. The molecule has 11 heteroatoms. The molecule has 1 saturated heterocycles. The number of hydrogen-bond acceptors (Lipinski definition) is 6. The first-order valence-electron chi connectivity index (χ1n) is 9.09. The Morgan fingerprint density at radius 2 is 1.93 bits per heavy atom. The van der Waals surface area contributed by atoms with Crippen LogP contribution in [0.1, 0.15) is 5.56 Å².